The van der Waals surface area contributed by atoms with Crippen LogP contribution < -0.4 is 11.1 Å². The van der Waals surface area contributed by atoms with E-state index < -0.39 is 0 Å². The van der Waals surface area contributed by atoms with Crippen LogP contribution in [0.5, 0.6) is 0 Å². The van der Waals surface area contributed by atoms with Gasteiger partial charge in [0.1, 0.15) is 0 Å². The van der Waals surface area contributed by atoms with Crippen LogP contribution in [0.25, 0.3) is 0 Å². The molecule has 20 heavy (non-hydrogen) atoms. The van der Waals surface area contributed by atoms with Crippen molar-refractivity contribution in [2.45, 2.75) is 26.2 Å². The summed E-state index contributed by atoms with van der Waals surface area (Å²) >= 11 is 3.31. The summed E-state index contributed by atoms with van der Waals surface area (Å²) in [5.41, 5.74) is 7.58. The van der Waals surface area contributed by atoms with Crippen LogP contribution in [-0.4, -0.2) is 16.1 Å². The molecule has 0 atom stereocenters. The number of hydrogen-bond donors (Lipinski definition) is 3. The van der Waals surface area contributed by atoms with E-state index in [-0.39, 0.29) is 11.3 Å². The molecule has 5 nitrogen and oxygen atoms in total. The maximum atomic E-state index is 12.1. The summed E-state index contributed by atoms with van der Waals surface area (Å²) in [6.45, 7) is 6.20. The molecule has 0 radical (unpaired) electrons. The van der Waals surface area contributed by atoms with Gasteiger partial charge in [0.2, 0.25) is 0 Å². The lowest BCUT2D eigenvalue weighted by Gasteiger charge is -2.14. The first-order chi connectivity index (χ1) is 9.27. The molecule has 1 aromatic heterocycles. The first kappa shape index (κ1) is 14.6. The van der Waals surface area contributed by atoms with Crippen molar-refractivity contribution in [1.29, 1.82) is 0 Å². The summed E-state index contributed by atoms with van der Waals surface area (Å²) in [6, 6.07) is 6.97. The second kappa shape index (κ2) is 5.28. The van der Waals surface area contributed by atoms with E-state index in [1.54, 1.807) is 18.2 Å². The molecule has 0 aliphatic heterocycles. The Morgan fingerprint density at radius 2 is 2.05 bits per heavy atom. The van der Waals surface area contributed by atoms with Gasteiger partial charge in [-0.3, -0.25) is 9.89 Å². The Morgan fingerprint density at radius 1 is 1.35 bits per heavy atom. The van der Waals surface area contributed by atoms with Crippen molar-refractivity contribution < 1.29 is 4.79 Å². The molecule has 0 saturated heterocycles. The standard InChI is InChI=1S/C14H17BrN4O/c1-14(2,3)11-7-12(19-18-11)17-13(20)9-5-4-8(15)6-10(9)16/h4-7H,16H2,1-3H3,(H2,17,18,19,20). The molecular formula is C14H17BrN4O. The number of amides is 1. The molecule has 106 valence electrons. The number of nitrogens with two attached hydrogens (primary N) is 1. The van der Waals surface area contributed by atoms with Crippen LogP contribution in [0, 0.1) is 0 Å². The summed E-state index contributed by atoms with van der Waals surface area (Å²) in [7, 11) is 0. The average molecular weight is 337 g/mol. The molecule has 4 N–H and O–H groups in total. The SMILES string of the molecule is CC(C)(C)c1cc(NC(=O)c2ccc(Br)cc2N)n[nH]1. The van der Waals surface area contributed by atoms with Crippen molar-refractivity contribution in [3.05, 3.63) is 40.0 Å². The van der Waals surface area contributed by atoms with Gasteiger partial charge in [-0.2, -0.15) is 5.10 Å². The van der Waals surface area contributed by atoms with Gasteiger partial charge in [-0.05, 0) is 18.2 Å². The fourth-order valence-corrected chi connectivity index (χ4v) is 2.07. The monoisotopic (exact) mass is 336 g/mol. The minimum absolute atomic E-state index is 0.0490. The number of halogens is 1. The third-order valence-corrected chi connectivity index (χ3v) is 3.38. The summed E-state index contributed by atoms with van der Waals surface area (Å²) in [4.78, 5) is 12.1. The number of hydrogen-bond acceptors (Lipinski definition) is 3. The highest BCUT2D eigenvalue weighted by Crippen LogP contribution is 2.23. The van der Waals surface area contributed by atoms with Crippen LogP contribution in [0.4, 0.5) is 11.5 Å². The Labute approximate surface area is 126 Å². The van der Waals surface area contributed by atoms with Crippen molar-refractivity contribution in [3.63, 3.8) is 0 Å². The van der Waals surface area contributed by atoms with Gasteiger partial charge in [0.05, 0.1) is 5.56 Å². The molecule has 0 unspecified atom stereocenters. The third kappa shape index (κ3) is 3.19. The molecule has 0 spiro atoms. The largest absolute Gasteiger partial charge is 0.398 e. The minimum Gasteiger partial charge on any atom is -0.398 e. The Balaban J connectivity index is 2.17. The fourth-order valence-electron chi connectivity index (χ4n) is 1.69. The Bertz CT molecular complexity index is 643. The highest BCUT2D eigenvalue weighted by molar-refractivity contribution is 9.10. The van der Waals surface area contributed by atoms with Gasteiger partial charge >= 0.3 is 0 Å². The maximum Gasteiger partial charge on any atom is 0.258 e. The molecule has 1 heterocycles. The van der Waals surface area contributed by atoms with E-state index in [0.717, 1.165) is 10.2 Å². The van der Waals surface area contributed by atoms with Gasteiger partial charge in [0.25, 0.3) is 5.91 Å². The van der Waals surface area contributed by atoms with E-state index in [2.05, 4.69) is 52.2 Å². The number of anilines is 2. The lowest BCUT2D eigenvalue weighted by molar-refractivity contribution is 0.102. The summed E-state index contributed by atoms with van der Waals surface area (Å²) in [6.07, 6.45) is 0. The first-order valence-electron chi connectivity index (χ1n) is 6.19. The number of benzene rings is 1. The van der Waals surface area contributed by atoms with E-state index in [9.17, 15) is 4.79 Å². The Morgan fingerprint density at radius 3 is 2.60 bits per heavy atom. The van der Waals surface area contributed by atoms with Crippen LogP contribution in [0.3, 0.4) is 0 Å². The van der Waals surface area contributed by atoms with Crippen LogP contribution in [0.1, 0.15) is 36.8 Å². The van der Waals surface area contributed by atoms with Crippen LogP contribution in [0.2, 0.25) is 0 Å². The lowest BCUT2D eigenvalue weighted by atomic mass is 9.92. The first-order valence-corrected chi connectivity index (χ1v) is 6.99. The van der Waals surface area contributed by atoms with Gasteiger partial charge in [-0.15, -0.1) is 0 Å². The molecular weight excluding hydrogens is 320 g/mol. The van der Waals surface area contributed by atoms with E-state index in [1.165, 1.54) is 0 Å². The number of H-pyrrole nitrogens is 1. The quantitative estimate of drug-likeness (QED) is 0.735. The fraction of sp³-hybridized carbons (Fsp3) is 0.286. The van der Waals surface area contributed by atoms with Gasteiger partial charge in [-0.25, -0.2) is 0 Å². The number of nitrogens with one attached hydrogen (secondary N) is 2. The zero-order chi connectivity index (χ0) is 14.9. The number of rotatable bonds is 2. The van der Waals surface area contributed by atoms with Crippen LogP contribution >= 0.6 is 15.9 Å². The van der Waals surface area contributed by atoms with Crippen LogP contribution in [-0.2, 0) is 5.41 Å². The number of nitrogens with zero attached hydrogens (tertiary/aromatic N) is 1. The van der Waals surface area contributed by atoms with E-state index in [1.807, 2.05) is 6.07 Å². The average Bonchev–Trinajstić information content (AvgIpc) is 2.76. The highest BCUT2D eigenvalue weighted by Gasteiger charge is 2.18. The van der Waals surface area contributed by atoms with Crippen molar-refractivity contribution in [2.24, 2.45) is 0 Å². The molecule has 0 bridgehead atoms. The molecule has 2 rings (SSSR count). The second-order valence-electron chi connectivity index (χ2n) is 5.60. The minimum atomic E-state index is -0.276. The molecule has 1 amide bonds. The molecule has 0 fully saturated rings. The maximum absolute atomic E-state index is 12.1. The highest BCUT2D eigenvalue weighted by atomic mass is 79.9. The number of carbonyl (C=O) groups excluding carboxylic acids is 1. The number of aromatic nitrogens is 2. The zero-order valence-corrected chi connectivity index (χ0v) is 13.2. The van der Waals surface area contributed by atoms with Crippen molar-refractivity contribution in [1.82, 2.24) is 10.2 Å². The third-order valence-electron chi connectivity index (χ3n) is 2.89. The summed E-state index contributed by atoms with van der Waals surface area (Å²) in [5.74, 6) is 0.212. The predicted molar refractivity (Wildman–Crippen MR) is 83.8 cm³/mol. The van der Waals surface area contributed by atoms with E-state index in [0.29, 0.717) is 17.1 Å². The predicted octanol–water partition coefficient (Wildman–Crippen LogP) is 3.30. The molecule has 0 aliphatic carbocycles. The van der Waals surface area contributed by atoms with E-state index >= 15 is 0 Å². The smallest absolute Gasteiger partial charge is 0.258 e. The summed E-state index contributed by atoms with van der Waals surface area (Å²) in [5, 5.41) is 9.75. The van der Waals surface area contributed by atoms with Crippen LogP contribution in [0.15, 0.2) is 28.7 Å². The van der Waals surface area contributed by atoms with Gasteiger partial charge < -0.3 is 11.1 Å². The van der Waals surface area contributed by atoms with Gasteiger partial charge in [-0.1, -0.05) is 36.7 Å². The molecule has 0 saturated carbocycles. The Hall–Kier alpha value is -1.82. The number of nitrogen functional groups attached to an aromatic ring is 1. The van der Waals surface area contributed by atoms with Crippen molar-refractivity contribution >= 4 is 33.3 Å². The second-order valence-corrected chi connectivity index (χ2v) is 6.52. The zero-order valence-electron chi connectivity index (χ0n) is 11.6. The summed E-state index contributed by atoms with van der Waals surface area (Å²) < 4.78 is 0.835. The molecule has 1 aromatic carbocycles. The Kier molecular flexibility index (Phi) is 3.85. The van der Waals surface area contributed by atoms with Crippen molar-refractivity contribution in [3.8, 4) is 0 Å². The lowest BCUT2D eigenvalue weighted by Crippen LogP contribution is -2.14. The van der Waals surface area contributed by atoms with Gasteiger partial charge in [0, 0.05) is 27.3 Å². The van der Waals surface area contributed by atoms with Gasteiger partial charge in [0.15, 0.2) is 5.82 Å². The number of carbonyl (C=O) groups is 1. The topological polar surface area (TPSA) is 83.8 Å². The van der Waals surface area contributed by atoms with Crippen molar-refractivity contribution in [2.75, 3.05) is 11.1 Å². The normalized spacial score (nSPS) is 11.4. The number of aromatic amines is 1. The molecule has 6 heteroatoms. The molecule has 2 aromatic rings. The van der Waals surface area contributed by atoms with E-state index in [4.69, 9.17) is 5.73 Å². The molecule has 0 aliphatic rings.